The molecule has 6 nitrogen and oxygen atoms in total. The van der Waals surface area contributed by atoms with Gasteiger partial charge in [-0.25, -0.2) is 9.97 Å². The molecule has 0 bridgehead atoms. The van der Waals surface area contributed by atoms with E-state index >= 15 is 0 Å². The average molecular weight is 325 g/mol. The fourth-order valence-corrected chi connectivity index (χ4v) is 2.76. The fraction of sp³-hybridized carbons (Fsp3) is 0.389. The van der Waals surface area contributed by atoms with Crippen LogP contribution in [0.5, 0.6) is 0 Å². The highest BCUT2D eigenvalue weighted by Crippen LogP contribution is 2.11. The first-order chi connectivity index (χ1) is 11.6. The van der Waals surface area contributed by atoms with Crippen LogP contribution in [0.25, 0.3) is 0 Å². The van der Waals surface area contributed by atoms with Crippen molar-refractivity contribution in [1.82, 2.24) is 19.8 Å². The molecule has 6 heteroatoms. The summed E-state index contributed by atoms with van der Waals surface area (Å²) in [6, 6.07) is 10.0. The number of piperazine rings is 1. The lowest BCUT2D eigenvalue weighted by molar-refractivity contribution is 0.0658. The second kappa shape index (κ2) is 7.40. The van der Waals surface area contributed by atoms with Crippen molar-refractivity contribution in [2.24, 2.45) is 0 Å². The van der Waals surface area contributed by atoms with Gasteiger partial charge in [-0.15, -0.1) is 0 Å². The van der Waals surface area contributed by atoms with Gasteiger partial charge in [0.05, 0.1) is 0 Å². The minimum atomic E-state index is -0.0240. The molecule has 0 saturated carbocycles. The molecule has 1 aliphatic rings. The third-order valence-corrected chi connectivity index (χ3v) is 4.23. The van der Waals surface area contributed by atoms with Crippen molar-refractivity contribution in [2.45, 2.75) is 13.5 Å². The van der Waals surface area contributed by atoms with Crippen LogP contribution >= 0.6 is 0 Å². The van der Waals surface area contributed by atoms with Crippen molar-refractivity contribution < 1.29 is 4.79 Å². The number of aromatic nitrogens is 2. The molecule has 0 unspecified atom stereocenters. The number of carbonyl (C=O) groups is 1. The van der Waals surface area contributed by atoms with E-state index < -0.39 is 0 Å². The highest BCUT2D eigenvalue weighted by atomic mass is 16.2. The molecule has 1 aromatic carbocycles. The predicted molar refractivity (Wildman–Crippen MR) is 93.9 cm³/mol. The fourth-order valence-electron chi connectivity index (χ4n) is 2.76. The molecular weight excluding hydrogens is 302 g/mol. The van der Waals surface area contributed by atoms with E-state index in [-0.39, 0.29) is 5.91 Å². The number of hydrogen-bond donors (Lipinski definition) is 1. The minimum absolute atomic E-state index is 0.0240. The van der Waals surface area contributed by atoms with Crippen molar-refractivity contribution >= 4 is 11.7 Å². The molecule has 1 fully saturated rings. The molecule has 24 heavy (non-hydrogen) atoms. The Morgan fingerprint density at radius 2 is 1.96 bits per heavy atom. The van der Waals surface area contributed by atoms with Crippen LogP contribution in [-0.4, -0.2) is 58.9 Å². The van der Waals surface area contributed by atoms with E-state index in [9.17, 15) is 4.79 Å². The lowest BCUT2D eigenvalue weighted by atomic mass is 10.1. The van der Waals surface area contributed by atoms with Crippen molar-refractivity contribution in [2.75, 3.05) is 38.5 Å². The number of likely N-dealkylation sites (N-methyl/N-ethyl adjacent to an activating group) is 1. The Morgan fingerprint density at radius 1 is 1.17 bits per heavy atom. The van der Waals surface area contributed by atoms with E-state index in [1.54, 1.807) is 6.07 Å². The van der Waals surface area contributed by atoms with Gasteiger partial charge in [0.15, 0.2) is 0 Å². The van der Waals surface area contributed by atoms with E-state index in [0.29, 0.717) is 18.1 Å². The van der Waals surface area contributed by atoms with E-state index in [1.165, 1.54) is 17.5 Å². The van der Waals surface area contributed by atoms with Crippen LogP contribution < -0.4 is 5.32 Å². The number of aryl methyl sites for hydroxylation is 1. The Kier molecular flexibility index (Phi) is 5.05. The lowest BCUT2D eigenvalue weighted by Crippen LogP contribution is -2.47. The second-order valence-electron chi connectivity index (χ2n) is 6.23. The molecule has 1 N–H and O–H groups in total. The van der Waals surface area contributed by atoms with Gasteiger partial charge in [0.1, 0.15) is 17.8 Å². The Morgan fingerprint density at radius 3 is 2.71 bits per heavy atom. The number of benzene rings is 1. The zero-order valence-corrected chi connectivity index (χ0v) is 14.2. The summed E-state index contributed by atoms with van der Waals surface area (Å²) in [5.74, 6) is 0.646. The molecule has 0 spiro atoms. The van der Waals surface area contributed by atoms with Crippen LogP contribution in [0.3, 0.4) is 0 Å². The summed E-state index contributed by atoms with van der Waals surface area (Å²) in [6.07, 6.45) is 1.45. The SMILES string of the molecule is Cc1cccc(CNc2cc(C(=O)N3CCN(C)CC3)ncn2)c1. The molecule has 1 aromatic heterocycles. The van der Waals surface area contributed by atoms with E-state index in [0.717, 1.165) is 26.2 Å². The molecular formula is C18H23N5O. The van der Waals surface area contributed by atoms with Gasteiger partial charge in [0.2, 0.25) is 0 Å². The van der Waals surface area contributed by atoms with Crippen LogP contribution in [-0.2, 0) is 6.54 Å². The van der Waals surface area contributed by atoms with Gasteiger partial charge in [-0.3, -0.25) is 4.79 Å². The maximum atomic E-state index is 12.6. The summed E-state index contributed by atoms with van der Waals surface area (Å²) in [7, 11) is 2.07. The standard InChI is InChI=1S/C18H23N5O/c1-14-4-3-5-15(10-14)12-19-17-11-16(20-13-21-17)18(24)23-8-6-22(2)7-9-23/h3-5,10-11,13H,6-9,12H2,1-2H3,(H,19,20,21). The third-order valence-electron chi connectivity index (χ3n) is 4.23. The monoisotopic (exact) mass is 325 g/mol. The smallest absolute Gasteiger partial charge is 0.272 e. The van der Waals surface area contributed by atoms with Gasteiger partial charge in [-0.05, 0) is 19.5 Å². The van der Waals surface area contributed by atoms with Crippen LogP contribution in [0.4, 0.5) is 5.82 Å². The van der Waals surface area contributed by atoms with Gasteiger partial charge in [0.25, 0.3) is 5.91 Å². The van der Waals surface area contributed by atoms with Crippen molar-refractivity contribution in [3.8, 4) is 0 Å². The first-order valence-electron chi connectivity index (χ1n) is 8.21. The maximum Gasteiger partial charge on any atom is 0.272 e. The Balaban J connectivity index is 1.64. The lowest BCUT2D eigenvalue weighted by Gasteiger charge is -2.32. The zero-order valence-electron chi connectivity index (χ0n) is 14.2. The number of hydrogen-bond acceptors (Lipinski definition) is 5. The third kappa shape index (κ3) is 4.08. The van der Waals surface area contributed by atoms with E-state index in [1.807, 2.05) is 11.0 Å². The summed E-state index contributed by atoms with van der Waals surface area (Å²) < 4.78 is 0. The molecule has 2 heterocycles. The quantitative estimate of drug-likeness (QED) is 0.928. The van der Waals surface area contributed by atoms with Gasteiger partial charge >= 0.3 is 0 Å². The predicted octanol–water partition coefficient (Wildman–Crippen LogP) is 1.78. The van der Waals surface area contributed by atoms with Crippen LogP contribution in [0.15, 0.2) is 36.7 Å². The number of amides is 1. The van der Waals surface area contributed by atoms with Gasteiger partial charge < -0.3 is 15.1 Å². The number of carbonyl (C=O) groups excluding carboxylic acids is 1. The molecule has 0 atom stereocenters. The van der Waals surface area contributed by atoms with E-state index in [2.05, 4.69) is 52.4 Å². The highest BCUT2D eigenvalue weighted by molar-refractivity contribution is 5.93. The second-order valence-corrected chi connectivity index (χ2v) is 6.23. The summed E-state index contributed by atoms with van der Waals surface area (Å²) in [5.41, 5.74) is 2.85. The van der Waals surface area contributed by atoms with Crippen molar-refractivity contribution in [1.29, 1.82) is 0 Å². The van der Waals surface area contributed by atoms with Gasteiger partial charge in [0, 0.05) is 38.8 Å². The first-order valence-corrected chi connectivity index (χ1v) is 8.21. The normalized spacial score (nSPS) is 15.3. The molecule has 2 aromatic rings. The molecule has 3 rings (SSSR count). The number of nitrogens with one attached hydrogen (secondary N) is 1. The van der Waals surface area contributed by atoms with Crippen LogP contribution in [0.1, 0.15) is 21.6 Å². The summed E-state index contributed by atoms with van der Waals surface area (Å²) in [5, 5.41) is 3.26. The molecule has 1 aliphatic heterocycles. The summed E-state index contributed by atoms with van der Waals surface area (Å²) in [6.45, 7) is 6.02. The zero-order chi connectivity index (χ0) is 16.9. The van der Waals surface area contributed by atoms with Crippen molar-refractivity contribution in [3.05, 3.63) is 53.5 Å². The Labute approximate surface area is 142 Å². The molecule has 0 radical (unpaired) electrons. The number of rotatable bonds is 4. The van der Waals surface area contributed by atoms with Gasteiger partial charge in [-0.1, -0.05) is 29.8 Å². The Hall–Kier alpha value is -2.47. The largest absolute Gasteiger partial charge is 0.366 e. The minimum Gasteiger partial charge on any atom is -0.366 e. The topological polar surface area (TPSA) is 61.4 Å². The molecule has 1 amide bonds. The molecule has 126 valence electrons. The van der Waals surface area contributed by atoms with Crippen molar-refractivity contribution in [3.63, 3.8) is 0 Å². The van der Waals surface area contributed by atoms with Crippen LogP contribution in [0.2, 0.25) is 0 Å². The number of nitrogens with zero attached hydrogens (tertiary/aromatic N) is 4. The average Bonchev–Trinajstić information content (AvgIpc) is 2.60. The summed E-state index contributed by atoms with van der Waals surface area (Å²) in [4.78, 5) is 25.0. The van der Waals surface area contributed by atoms with E-state index in [4.69, 9.17) is 0 Å². The number of anilines is 1. The maximum absolute atomic E-state index is 12.6. The van der Waals surface area contributed by atoms with Gasteiger partial charge in [-0.2, -0.15) is 0 Å². The highest BCUT2D eigenvalue weighted by Gasteiger charge is 2.21. The van der Waals surface area contributed by atoms with Crippen LogP contribution in [0, 0.1) is 6.92 Å². The molecule has 0 aliphatic carbocycles. The first kappa shape index (κ1) is 16.4. The molecule has 1 saturated heterocycles. The Bertz CT molecular complexity index is 710. The summed E-state index contributed by atoms with van der Waals surface area (Å²) >= 11 is 0.